The van der Waals surface area contributed by atoms with Crippen molar-refractivity contribution in [1.29, 1.82) is 0 Å². The second-order valence-corrected chi connectivity index (χ2v) is 4.00. The molecule has 0 unspecified atom stereocenters. The van der Waals surface area contributed by atoms with Crippen LogP contribution in [0.25, 0.3) is 0 Å². The summed E-state index contributed by atoms with van der Waals surface area (Å²) in [5.74, 6) is 0. The molecule has 82 valence electrons. The van der Waals surface area contributed by atoms with Crippen LogP contribution in [-0.2, 0) is 0 Å². The van der Waals surface area contributed by atoms with Crippen molar-refractivity contribution in [3.63, 3.8) is 0 Å². The zero-order valence-electron chi connectivity index (χ0n) is 10.4. The van der Waals surface area contributed by atoms with Crippen molar-refractivity contribution in [2.45, 2.75) is 72.9 Å². The first-order chi connectivity index (χ1) is 5.91. The number of rotatable bonds is 4. The molecule has 0 rings (SSSR count). The van der Waals surface area contributed by atoms with E-state index < -0.39 is 0 Å². The van der Waals surface area contributed by atoms with Gasteiger partial charge in [0, 0.05) is 11.6 Å². The molecule has 0 atom stereocenters. The molecule has 0 spiro atoms. The SMILES string of the molecule is CC.CCCC(C)(C)N(O)C(C)C. The summed E-state index contributed by atoms with van der Waals surface area (Å²) < 4.78 is 0. The molecule has 0 fully saturated rings. The van der Waals surface area contributed by atoms with Crippen molar-refractivity contribution in [2.75, 3.05) is 0 Å². The summed E-state index contributed by atoms with van der Waals surface area (Å²) in [6, 6.07) is 0.205. The summed E-state index contributed by atoms with van der Waals surface area (Å²) >= 11 is 0. The number of hydroxylamine groups is 2. The Labute approximate surface area is 83.9 Å². The van der Waals surface area contributed by atoms with Crippen molar-refractivity contribution in [2.24, 2.45) is 0 Å². The molecule has 0 radical (unpaired) electrons. The van der Waals surface area contributed by atoms with E-state index in [9.17, 15) is 5.21 Å². The van der Waals surface area contributed by atoms with E-state index in [0.717, 1.165) is 12.8 Å². The second-order valence-electron chi connectivity index (χ2n) is 4.00. The lowest BCUT2D eigenvalue weighted by Gasteiger charge is -2.36. The predicted octanol–water partition coefficient (Wildman–Crippen LogP) is 3.69. The van der Waals surface area contributed by atoms with Crippen molar-refractivity contribution < 1.29 is 5.21 Å². The van der Waals surface area contributed by atoms with E-state index in [4.69, 9.17) is 0 Å². The van der Waals surface area contributed by atoms with Crippen LogP contribution in [0.15, 0.2) is 0 Å². The molecule has 0 aromatic heterocycles. The summed E-state index contributed by atoms with van der Waals surface area (Å²) in [6.45, 7) is 14.3. The molecule has 0 bridgehead atoms. The Morgan fingerprint density at radius 3 is 1.85 bits per heavy atom. The molecule has 13 heavy (non-hydrogen) atoms. The predicted molar refractivity (Wildman–Crippen MR) is 59.1 cm³/mol. The number of hydrogen-bond donors (Lipinski definition) is 1. The molecule has 0 saturated heterocycles. The highest BCUT2D eigenvalue weighted by Gasteiger charge is 2.26. The third-order valence-electron chi connectivity index (χ3n) is 1.97. The normalized spacial score (nSPS) is 11.5. The fraction of sp³-hybridized carbons (Fsp3) is 1.00. The third-order valence-corrected chi connectivity index (χ3v) is 1.97. The Bertz CT molecular complexity index is 111. The minimum absolute atomic E-state index is 0.0804. The van der Waals surface area contributed by atoms with Gasteiger partial charge in [-0.1, -0.05) is 27.2 Å². The van der Waals surface area contributed by atoms with Gasteiger partial charge in [-0.15, -0.1) is 0 Å². The number of nitrogens with zero attached hydrogens (tertiary/aromatic N) is 1. The van der Waals surface area contributed by atoms with Gasteiger partial charge in [-0.3, -0.25) is 0 Å². The lowest BCUT2D eigenvalue weighted by atomic mass is 9.97. The molecular weight excluding hydrogens is 162 g/mol. The van der Waals surface area contributed by atoms with Crippen LogP contribution in [0.3, 0.4) is 0 Å². The smallest absolute Gasteiger partial charge is 0.0407 e. The second kappa shape index (κ2) is 7.34. The van der Waals surface area contributed by atoms with Crippen molar-refractivity contribution in [3.05, 3.63) is 0 Å². The lowest BCUT2D eigenvalue weighted by molar-refractivity contribution is -0.186. The maximum atomic E-state index is 9.62. The molecule has 2 heteroatoms. The van der Waals surface area contributed by atoms with Crippen LogP contribution in [0.2, 0.25) is 0 Å². The average Bonchev–Trinajstić information content (AvgIpc) is 2.06. The molecule has 2 nitrogen and oxygen atoms in total. The van der Waals surface area contributed by atoms with Crippen LogP contribution in [-0.4, -0.2) is 21.9 Å². The monoisotopic (exact) mass is 189 g/mol. The minimum atomic E-state index is -0.0804. The molecule has 0 amide bonds. The highest BCUT2D eigenvalue weighted by molar-refractivity contribution is 4.77. The Morgan fingerprint density at radius 1 is 1.23 bits per heavy atom. The molecule has 0 aliphatic heterocycles. The first kappa shape index (κ1) is 15.4. The van der Waals surface area contributed by atoms with Gasteiger partial charge in [-0.25, -0.2) is 0 Å². The van der Waals surface area contributed by atoms with E-state index in [-0.39, 0.29) is 11.6 Å². The van der Waals surface area contributed by atoms with Crippen LogP contribution in [0.5, 0.6) is 0 Å². The van der Waals surface area contributed by atoms with Gasteiger partial charge in [0.15, 0.2) is 0 Å². The summed E-state index contributed by atoms with van der Waals surface area (Å²) in [7, 11) is 0. The van der Waals surface area contributed by atoms with Crippen LogP contribution < -0.4 is 0 Å². The Kier molecular flexibility index (Phi) is 8.69. The van der Waals surface area contributed by atoms with E-state index in [1.54, 1.807) is 0 Å². The Hall–Kier alpha value is -0.0800. The Morgan fingerprint density at radius 2 is 1.62 bits per heavy atom. The zero-order valence-corrected chi connectivity index (χ0v) is 10.4. The third kappa shape index (κ3) is 6.05. The van der Waals surface area contributed by atoms with Crippen molar-refractivity contribution in [1.82, 2.24) is 5.06 Å². The zero-order chi connectivity index (χ0) is 11.1. The lowest BCUT2D eigenvalue weighted by Crippen LogP contribution is -2.45. The molecule has 1 N–H and O–H groups in total. The average molecular weight is 189 g/mol. The molecule has 0 heterocycles. The summed E-state index contributed by atoms with van der Waals surface area (Å²) in [4.78, 5) is 0. The van der Waals surface area contributed by atoms with Gasteiger partial charge in [0.25, 0.3) is 0 Å². The standard InChI is InChI=1S/C9H21NO.C2H6/c1-6-7-9(4,5)10(11)8(2)3;1-2/h8,11H,6-7H2,1-5H3;1-2H3. The van der Waals surface area contributed by atoms with Gasteiger partial charge in [-0.2, -0.15) is 5.06 Å². The Balaban J connectivity index is 0. The summed E-state index contributed by atoms with van der Waals surface area (Å²) in [5, 5.41) is 11.1. The fourth-order valence-corrected chi connectivity index (χ4v) is 1.43. The van der Waals surface area contributed by atoms with E-state index in [1.807, 2.05) is 27.7 Å². The maximum absolute atomic E-state index is 9.62. The van der Waals surface area contributed by atoms with Gasteiger partial charge in [0.2, 0.25) is 0 Å². The van der Waals surface area contributed by atoms with Gasteiger partial charge in [-0.05, 0) is 34.1 Å². The van der Waals surface area contributed by atoms with E-state index in [0.29, 0.717) is 0 Å². The van der Waals surface area contributed by atoms with Gasteiger partial charge < -0.3 is 5.21 Å². The fourth-order valence-electron chi connectivity index (χ4n) is 1.43. The van der Waals surface area contributed by atoms with E-state index in [1.165, 1.54) is 5.06 Å². The van der Waals surface area contributed by atoms with Crippen LogP contribution in [0.4, 0.5) is 0 Å². The van der Waals surface area contributed by atoms with Crippen molar-refractivity contribution >= 4 is 0 Å². The highest BCUT2D eigenvalue weighted by Crippen LogP contribution is 2.20. The van der Waals surface area contributed by atoms with E-state index in [2.05, 4.69) is 20.8 Å². The summed E-state index contributed by atoms with van der Waals surface area (Å²) in [5.41, 5.74) is -0.0804. The van der Waals surface area contributed by atoms with Crippen LogP contribution >= 0.6 is 0 Å². The summed E-state index contributed by atoms with van der Waals surface area (Å²) in [6.07, 6.45) is 2.14. The van der Waals surface area contributed by atoms with Gasteiger partial charge >= 0.3 is 0 Å². The van der Waals surface area contributed by atoms with Gasteiger partial charge in [0.1, 0.15) is 0 Å². The first-order valence-electron chi connectivity index (χ1n) is 5.40. The van der Waals surface area contributed by atoms with Crippen molar-refractivity contribution in [3.8, 4) is 0 Å². The molecule has 0 aromatic rings. The molecule has 0 aromatic carbocycles. The quantitative estimate of drug-likeness (QED) is 0.682. The maximum Gasteiger partial charge on any atom is 0.0407 e. The minimum Gasteiger partial charge on any atom is -0.313 e. The van der Waals surface area contributed by atoms with E-state index >= 15 is 0 Å². The molecule has 0 aliphatic rings. The molecular formula is C11H27NO. The van der Waals surface area contributed by atoms with Gasteiger partial charge in [0.05, 0.1) is 0 Å². The molecule has 0 aliphatic carbocycles. The largest absolute Gasteiger partial charge is 0.313 e. The van der Waals surface area contributed by atoms with Crippen LogP contribution in [0, 0.1) is 0 Å². The first-order valence-corrected chi connectivity index (χ1v) is 5.40. The topological polar surface area (TPSA) is 23.5 Å². The molecule has 0 saturated carbocycles. The highest BCUT2D eigenvalue weighted by atomic mass is 16.5. The van der Waals surface area contributed by atoms with Crippen LogP contribution in [0.1, 0.15) is 61.3 Å². The number of hydrogen-bond acceptors (Lipinski definition) is 2.